The van der Waals surface area contributed by atoms with Gasteiger partial charge in [0.1, 0.15) is 5.70 Å². The highest BCUT2D eigenvalue weighted by Gasteiger charge is 2.26. The molecule has 0 radical (unpaired) electrons. The molecule has 0 aromatic heterocycles. The molecule has 232 valence electrons. The fraction of sp³-hybridized carbons (Fsp3) is 0.719. The van der Waals surface area contributed by atoms with E-state index in [-0.39, 0.29) is 12.3 Å². The van der Waals surface area contributed by atoms with Crippen LogP contribution in [0.4, 0.5) is 4.39 Å². The second kappa shape index (κ2) is 29.5. The number of unbranched alkanes of at least 4 members (excludes halogenated alkanes) is 9. The Morgan fingerprint density at radius 3 is 1.95 bits per heavy atom. The quantitative estimate of drug-likeness (QED) is 0.0385. The lowest BCUT2D eigenvalue weighted by atomic mass is 10.00. The maximum Gasteiger partial charge on any atom is 0.290 e. The van der Waals surface area contributed by atoms with Crippen molar-refractivity contribution in [2.24, 2.45) is 21.6 Å². The molecule has 0 saturated heterocycles. The van der Waals surface area contributed by atoms with Gasteiger partial charge in [0.15, 0.2) is 11.4 Å². The number of carbonyl (C=O) groups is 1. The number of nitrogens with zero attached hydrogens (tertiary/aromatic N) is 2. The van der Waals surface area contributed by atoms with Crippen molar-refractivity contribution in [1.82, 2.24) is 0 Å². The fourth-order valence-electron chi connectivity index (χ4n) is 3.60. The van der Waals surface area contributed by atoms with Crippen LogP contribution in [-0.4, -0.2) is 49.6 Å². The summed E-state index contributed by atoms with van der Waals surface area (Å²) in [7, 11) is 1.68. The first kappa shape index (κ1) is 42.0. The summed E-state index contributed by atoms with van der Waals surface area (Å²) in [5.41, 5.74) is 6.45. The Morgan fingerprint density at radius 2 is 1.57 bits per heavy atom. The van der Waals surface area contributed by atoms with Crippen LogP contribution < -0.4 is 5.73 Å². The first-order chi connectivity index (χ1) is 19.0. The molecule has 0 fully saturated rings. The van der Waals surface area contributed by atoms with Crippen LogP contribution in [0.2, 0.25) is 0 Å². The van der Waals surface area contributed by atoms with Crippen LogP contribution in [0.15, 0.2) is 33.8 Å². The third-order valence-corrected chi connectivity index (χ3v) is 5.74. The van der Waals surface area contributed by atoms with Gasteiger partial charge in [0, 0.05) is 19.9 Å². The SMILES string of the molecule is C#CC(CCC)(COCCCCCCCCCCCC)OC.C=C(F)/N=C(/N)C(N=CC(C)C)=C(C)C.O=CO. The number of rotatable bonds is 20. The average Bonchev–Trinajstić information content (AvgIpc) is 2.89. The molecule has 0 heterocycles. The number of aliphatic imine (C=N–C) groups is 2. The molecule has 0 rings (SSSR count). The molecule has 0 bridgehead atoms. The Kier molecular flexibility index (Phi) is 30.9. The molecule has 0 saturated carbocycles. The number of ether oxygens (including phenoxy) is 2. The van der Waals surface area contributed by atoms with E-state index in [1.54, 1.807) is 13.3 Å². The Labute approximate surface area is 244 Å². The number of methoxy groups -OCH3 is 1. The zero-order chi connectivity index (χ0) is 31.2. The van der Waals surface area contributed by atoms with E-state index in [9.17, 15) is 4.39 Å². The van der Waals surface area contributed by atoms with Crippen molar-refractivity contribution in [1.29, 1.82) is 0 Å². The van der Waals surface area contributed by atoms with Gasteiger partial charge in [0.2, 0.25) is 5.95 Å². The second-order valence-electron chi connectivity index (χ2n) is 10.2. The molecule has 7 nitrogen and oxygen atoms in total. The maximum absolute atomic E-state index is 12.4. The van der Waals surface area contributed by atoms with Gasteiger partial charge >= 0.3 is 0 Å². The lowest BCUT2D eigenvalue weighted by molar-refractivity contribution is -0.122. The van der Waals surface area contributed by atoms with Crippen LogP contribution in [0.5, 0.6) is 0 Å². The highest BCUT2D eigenvalue weighted by atomic mass is 19.1. The molecule has 0 aromatic carbocycles. The van der Waals surface area contributed by atoms with Crippen molar-refractivity contribution in [2.45, 2.75) is 124 Å². The van der Waals surface area contributed by atoms with Crippen LogP contribution in [0.3, 0.4) is 0 Å². The number of terminal acetylenes is 1. The Morgan fingerprint density at radius 1 is 1.07 bits per heavy atom. The molecule has 3 N–H and O–H groups in total. The summed E-state index contributed by atoms with van der Waals surface area (Å²) in [6.07, 6.45) is 22.7. The highest BCUT2D eigenvalue weighted by molar-refractivity contribution is 5.98. The number of allylic oxidation sites excluding steroid dienone is 1. The van der Waals surface area contributed by atoms with Gasteiger partial charge in [-0.2, -0.15) is 4.39 Å². The number of hydrogen-bond acceptors (Lipinski definition) is 5. The minimum absolute atomic E-state index is 0.0550. The van der Waals surface area contributed by atoms with Gasteiger partial charge in [-0.1, -0.05) is 97.8 Å². The van der Waals surface area contributed by atoms with Gasteiger partial charge in [-0.25, -0.2) is 4.99 Å². The predicted molar refractivity (Wildman–Crippen MR) is 168 cm³/mol. The van der Waals surface area contributed by atoms with Crippen LogP contribution in [0, 0.1) is 18.3 Å². The van der Waals surface area contributed by atoms with Gasteiger partial charge in [0.05, 0.1) is 6.61 Å². The number of amidine groups is 1. The minimum Gasteiger partial charge on any atom is -0.483 e. The second-order valence-corrected chi connectivity index (χ2v) is 10.2. The molecular weight excluding hydrogens is 509 g/mol. The molecule has 0 aliphatic carbocycles. The topological polar surface area (TPSA) is 107 Å². The van der Waals surface area contributed by atoms with Crippen LogP contribution in [0.1, 0.15) is 119 Å². The van der Waals surface area contributed by atoms with Gasteiger partial charge in [-0.3, -0.25) is 9.79 Å². The van der Waals surface area contributed by atoms with Crippen LogP contribution >= 0.6 is 0 Å². The van der Waals surface area contributed by atoms with Crippen LogP contribution in [-0.2, 0) is 14.3 Å². The summed E-state index contributed by atoms with van der Waals surface area (Å²) in [5.74, 6) is 2.31. The van der Waals surface area contributed by atoms with Crippen molar-refractivity contribution in [3.8, 4) is 12.3 Å². The van der Waals surface area contributed by atoms with Crippen LogP contribution in [0.25, 0.3) is 0 Å². The number of halogens is 1. The normalized spacial score (nSPS) is 12.4. The summed E-state index contributed by atoms with van der Waals surface area (Å²) >= 11 is 0. The molecule has 0 aromatic rings. The molecule has 0 amide bonds. The number of carboxylic acid groups (broad SMARTS) is 1. The zero-order valence-corrected chi connectivity index (χ0v) is 26.4. The predicted octanol–water partition coefficient (Wildman–Crippen LogP) is 8.25. The van der Waals surface area contributed by atoms with Gasteiger partial charge in [0.25, 0.3) is 6.47 Å². The fourth-order valence-corrected chi connectivity index (χ4v) is 3.60. The summed E-state index contributed by atoms with van der Waals surface area (Å²) < 4.78 is 23.6. The van der Waals surface area contributed by atoms with Gasteiger partial charge in [-0.05, 0) is 44.8 Å². The van der Waals surface area contributed by atoms with E-state index in [1.807, 2.05) is 27.7 Å². The van der Waals surface area contributed by atoms with Crippen molar-refractivity contribution in [3.05, 3.63) is 23.8 Å². The maximum atomic E-state index is 12.4. The van der Waals surface area contributed by atoms with E-state index >= 15 is 0 Å². The van der Waals surface area contributed by atoms with Crippen molar-refractivity contribution < 1.29 is 23.8 Å². The summed E-state index contributed by atoms with van der Waals surface area (Å²) in [6.45, 7) is 16.2. The molecule has 8 heteroatoms. The Hall–Kier alpha value is -2.50. The molecule has 1 atom stereocenters. The first-order valence-electron chi connectivity index (χ1n) is 14.6. The Balaban J connectivity index is -0.000000659. The lowest BCUT2D eigenvalue weighted by Gasteiger charge is -2.26. The molecule has 40 heavy (non-hydrogen) atoms. The summed E-state index contributed by atoms with van der Waals surface area (Å²) in [5, 5.41) is 6.89. The highest BCUT2D eigenvalue weighted by Crippen LogP contribution is 2.17. The zero-order valence-electron chi connectivity index (χ0n) is 26.4. The molecule has 1 unspecified atom stereocenters. The van der Waals surface area contributed by atoms with Crippen molar-refractivity contribution in [2.75, 3.05) is 20.3 Å². The molecular formula is C32H58FN3O4. The van der Waals surface area contributed by atoms with E-state index in [0.717, 1.165) is 31.4 Å². The standard InChI is InChI=1S/C20H38O2.C11H18FN3.CH2O2/c1-5-8-9-10-11-12-13-14-15-16-18-22-19-20(7-3,21-4)17-6-2;1-7(2)6-14-10(8(3)4)11(13)15-9(5)12;2-1-3/h3H,5-6,8-19H2,1-2,4H3;6-7H,5H2,1-4H3,(H2,13,15);1H,(H,2,3). The third kappa shape index (κ3) is 27.1. The number of hydrogen-bond donors (Lipinski definition) is 2. The van der Waals surface area contributed by atoms with E-state index in [0.29, 0.717) is 18.2 Å². The molecule has 0 aliphatic rings. The van der Waals surface area contributed by atoms with Gasteiger partial charge in [-0.15, -0.1) is 6.42 Å². The largest absolute Gasteiger partial charge is 0.483 e. The molecule has 0 aliphatic heterocycles. The Bertz CT molecular complexity index is 769. The van der Waals surface area contributed by atoms with Crippen molar-refractivity contribution >= 4 is 18.5 Å². The van der Waals surface area contributed by atoms with E-state index in [1.165, 1.54) is 57.8 Å². The van der Waals surface area contributed by atoms with Crippen molar-refractivity contribution in [3.63, 3.8) is 0 Å². The summed E-state index contributed by atoms with van der Waals surface area (Å²) in [4.78, 5) is 16.0. The van der Waals surface area contributed by atoms with E-state index < -0.39 is 11.6 Å². The monoisotopic (exact) mass is 567 g/mol. The molecule has 0 spiro atoms. The summed E-state index contributed by atoms with van der Waals surface area (Å²) in [6, 6.07) is 0. The lowest BCUT2D eigenvalue weighted by Crippen LogP contribution is -2.35. The van der Waals surface area contributed by atoms with E-state index in [4.69, 9.17) is 31.5 Å². The first-order valence-corrected chi connectivity index (χ1v) is 14.6. The average molecular weight is 568 g/mol. The minimum atomic E-state index is -0.814. The van der Waals surface area contributed by atoms with E-state index in [2.05, 4.69) is 36.3 Å². The number of nitrogens with two attached hydrogens (primary N) is 1. The smallest absolute Gasteiger partial charge is 0.290 e. The van der Waals surface area contributed by atoms with Gasteiger partial charge < -0.3 is 20.3 Å². The third-order valence-electron chi connectivity index (χ3n) is 5.74.